The lowest BCUT2D eigenvalue weighted by atomic mass is 9.92. The molecule has 0 unspecified atom stereocenters. The lowest BCUT2D eigenvalue weighted by molar-refractivity contribution is -0.133. The number of unbranched alkanes of at least 4 members (excludes halogenated alkanes) is 6. The van der Waals surface area contributed by atoms with Gasteiger partial charge < -0.3 is 19.5 Å². The maximum absolute atomic E-state index is 12.5. The summed E-state index contributed by atoms with van der Waals surface area (Å²) in [5.41, 5.74) is 0. The number of nitrogens with one attached hydrogen (secondary N) is 1. The summed E-state index contributed by atoms with van der Waals surface area (Å²) < 4.78 is 5.29. The van der Waals surface area contributed by atoms with Crippen LogP contribution in [0.3, 0.4) is 0 Å². The fourth-order valence-electron chi connectivity index (χ4n) is 5.13. The van der Waals surface area contributed by atoms with E-state index < -0.39 is 0 Å². The molecule has 1 N–H and O–H groups in total. The molecule has 3 rings (SSSR count). The van der Waals surface area contributed by atoms with Crippen LogP contribution in [-0.4, -0.2) is 53.8 Å². The van der Waals surface area contributed by atoms with E-state index in [0.29, 0.717) is 18.5 Å². The van der Waals surface area contributed by atoms with Crippen molar-refractivity contribution in [1.82, 2.24) is 15.1 Å². The first kappa shape index (κ1) is 24.8. The van der Waals surface area contributed by atoms with Crippen LogP contribution < -0.4 is 5.32 Å². The zero-order chi connectivity index (χ0) is 22.6. The molecule has 2 amide bonds. The highest BCUT2D eigenvalue weighted by atomic mass is 16.3. The van der Waals surface area contributed by atoms with Gasteiger partial charge >= 0.3 is 0 Å². The van der Waals surface area contributed by atoms with Crippen molar-refractivity contribution in [2.75, 3.05) is 26.2 Å². The summed E-state index contributed by atoms with van der Waals surface area (Å²) in [6.07, 6.45) is 15.1. The minimum Gasteiger partial charge on any atom is -0.467 e. The number of carbonyl (C=O) groups excluding carboxylic acids is 2. The van der Waals surface area contributed by atoms with Crippen molar-refractivity contribution in [3.05, 3.63) is 24.2 Å². The Labute approximate surface area is 194 Å². The third kappa shape index (κ3) is 7.95. The van der Waals surface area contributed by atoms with Gasteiger partial charge in [0.2, 0.25) is 11.8 Å². The van der Waals surface area contributed by atoms with Gasteiger partial charge in [0.1, 0.15) is 5.76 Å². The van der Waals surface area contributed by atoms with Crippen LogP contribution in [0.1, 0.15) is 89.7 Å². The zero-order valence-electron chi connectivity index (χ0n) is 20.0. The average Bonchev–Trinajstić information content (AvgIpc) is 3.36. The molecule has 2 aliphatic rings. The molecular weight excluding hydrogens is 402 g/mol. The Bertz CT molecular complexity index is 660. The standard InChI is InChI=1S/C26H43N3O3/c1-2-3-4-5-6-7-8-11-25(30)29-18-14-23(15-19-29)28-16-12-22(13-17-28)26(31)27-21-24-10-9-20-32-24/h9-10,20,22-23H,2-8,11-19,21H2,1H3,(H,27,31). The van der Waals surface area contributed by atoms with Gasteiger partial charge in [-0.15, -0.1) is 0 Å². The van der Waals surface area contributed by atoms with Gasteiger partial charge in [-0.05, 0) is 57.3 Å². The number of hydrogen-bond donors (Lipinski definition) is 1. The van der Waals surface area contributed by atoms with E-state index in [2.05, 4.69) is 22.0 Å². The lowest BCUT2D eigenvalue weighted by Crippen LogP contribution is -2.50. The molecule has 3 heterocycles. The van der Waals surface area contributed by atoms with Crippen LogP contribution >= 0.6 is 0 Å². The van der Waals surface area contributed by atoms with Gasteiger partial charge in [0.15, 0.2) is 0 Å². The first-order chi connectivity index (χ1) is 15.7. The molecule has 6 heteroatoms. The van der Waals surface area contributed by atoms with Crippen molar-refractivity contribution < 1.29 is 14.0 Å². The summed E-state index contributed by atoms with van der Waals surface area (Å²) >= 11 is 0. The van der Waals surface area contributed by atoms with Crippen molar-refractivity contribution in [2.45, 2.75) is 96.6 Å². The summed E-state index contributed by atoms with van der Waals surface area (Å²) in [7, 11) is 0. The number of carbonyl (C=O) groups is 2. The molecule has 6 nitrogen and oxygen atoms in total. The number of nitrogens with zero attached hydrogens (tertiary/aromatic N) is 2. The largest absolute Gasteiger partial charge is 0.467 e. The summed E-state index contributed by atoms with van der Waals surface area (Å²) in [4.78, 5) is 29.6. The van der Waals surface area contributed by atoms with Crippen LogP contribution in [-0.2, 0) is 16.1 Å². The maximum atomic E-state index is 12.5. The monoisotopic (exact) mass is 445 g/mol. The SMILES string of the molecule is CCCCCCCCCC(=O)N1CCC(N2CCC(C(=O)NCc3ccco3)CC2)CC1. The van der Waals surface area contributed by atoms with Gasteiger partial charge in [0, 0.05) is 31.5 Å². The smallest absolute Gasteiger partial charge is 0.223 e. The fraction of sp³-hybridized carbons (Fsp3) is 0.769. The van der Waals surface area contributed by atoms with Crippen molar-refractivity contribution in [1.29, 1.82) is 0 Å². The van der Waals surface area contributed by atoms with E-state index in [9.17, 15) is 9.59 Å². The third-order valence-corrected chi connectivity index (χ3v) is 7.25. The molecule has 2 aliphatic heterocycles. The second kappa shape index (κ2) is 13.7. The van der Waals surface area contributed by atoms with Gasteiger partial charge in [0.05, 0.1) is 12.8 Å². The minimum absolute atomic E-state index is 0.102. The molecule has 0 saturated carbocycles. The number of furan rings is 1. The van der Waals surface area contributed by atoms with E-state index in [1.807, 2.05) is 12.1 Å². The molecule has 0 aromatic carbocycles. The molecule has 0 bridgehead atoms. The molecule has 1 aromatic heterocycles. The van der Waals surface area contributed by atoms with Crippen molar-refractivity contribution >= 4 is 11.8 Å². The predicted molar refractivity (Wildman–Crippen MR) is 127 cm³/mol. The maximum Gasteiger partial charge on any atom is 0.223 e. The topological polar surface area (TPSA) is 65.8 Å². The van der Waals surface area contributed by atoms with E-state index >= 15 is 0 Å². The summed E-state index contributed by atoms with van der Waals surface area (Å²) in [5, 5.41) is 3.01. The Morgan fingerprint density at radius 1 is 0.969 bits per heavy atom. The van der Waals surface area contributed by atoms with Crippen molar-refractivity contribution in [3.63, 3.8) is 0 Å². The summed E-state index contributed by atoms with van der Waals surface area (Å²) in [6.45, 7) is 6.46. The predicted octanol–water partition coefficient (Wildman–Crippen LogP) is 4.74. The molecule has 32 heavy (non-hydrogen) atoms. The first-order valence-electron chi connectivity index (χ1n) is 13.0. The highest BCUT2D eigenvalue weighted by Gasteiger charge is 2.31. The molecule has 1 aromatic rings. The molecule has 2 saturated heterocycles. The van der Waals surface area contributed by atoms with E-state index in [1.54, 1.807) is 6.26 Å². The van der Waals surface area contributed by atoms with E-state index in [4.69, 9.17) is 4.42 Å². The average molecular weight is 446 g/mol. The molecule has 0 aliphatic carbocycles. The summed E-state index contributed by atoms with van der Waals surface area (Å²) in [5.74, 6) is 1.39. The number of hydrogen-bond acceptors (Lipinski definition) is 4. The highest BCUT2D eigenvalue weighted by Crippen LogP contribution is 2.24. The fourth-order valence-corrected chi connectivity index (χ4v) is 5.13. The Morgan fingerprint density at radius 2 is 1.66 bits per heavy atom. The normalized spacial score (nSPS) is 18.7. The van der Waals surface area contributed by atoms with Gasteiger partial charge in [-0.1, -0.05) is 45.4 Å². The third-order valence-electron chi connectivity index (χ3n) is 7.25. The van der Waals surface area contributed by atoms with Crippen LogP contribution in [0, 0.1) is 5.92 Å². The van der Waals surface area contributed by atoms with Crippen LogP contribution in [0.25, 0.3) is 0 Å². The van der Waals surface area contributed by atoms with Gasteiger partial charge in [0.25, 0.3) is 0 Å². The molecule has 0 radical (unpaired) electrons. The number of piperidine rings is 2. The highest BCUT2D eigenvalue weighted by molar-refractivity contribution is 5.78. The van der Waals surface area contributed by atoms with Crippen LogP contribution in [0.15, 0.2) is 22.8 Å². The number of rotatable bonds is 12. The van der Waals surface area contributed by atoms with Gasteiger partial charge in [-0.2, -0.15) is 0 Å². The van der Waals surface area contributed by atoms with E-state index in [-0.39, 0.29) is 11.8 Å². The Kier molecular flexibility index (Phi) is 10.6. The minimum atomic E-state index is 0.102. The quantitative estimate of drug-likeness (QED) is 0.472. The number of likely N-dealkylation sites (tertiary alicyclic amines) is 2. The molecular formula is C26H43N3O3. The van der Waals surface area contributed by atoms with Crippen LogP contribution in [0.5, 0.6) is 0 Å². The molecule has 2 fully saturated rings. The summed E-state index contributed by atoms with van der Waals surface area (Å²) in [6, 6.07) is 4.29. The first-order valence-corrected chi connectivity index (χ1v) is 13.0. The second-order valence-electron chi connectivity index (χ2n) is 9.59. The Balaban J connectivity index is 1.26. The zero-order valence-corrected chi connectivity index (χ0v) is 20.0. The molecule has 180 valence electrons. The van der Waals surface area contributed by atoms with Gasteiger partial charge in [-0.3, -0.25) is 9.59 Å². The van der Waals surface area contributed by atoms with E-state index in [0.717, 1.165) is 70.5 Å². The van der Waals surface area contributed by atoms with Crippen LogP contribution in [0.2, 0.25) is 0 Å². The second-order valence-corrected chi connectivity index (χ2v) is 9.59. The molecule has 0 spiro atoms. The van der Waals surface area contributed by atoms with Crippen molar-refractivity contribution in [2.24, 2.45) is 5.92 Å². The van der Waals surface area contributed by atoms with E-state index in [1.165, 1.54) is 38.5 Å². The van der Waals surface area contributed by atoms with Crippen molar-refractivity contribution in [3.8, 4) is 0 Å². The lowest BCUT2D eigenvalue weighted by Gasteiger charge is -2.41. The number of amides is 2. The Morgan fingerprint density at radius 3 is 2.31 bits per heavy atom. The van der Waals surface area contributed by atoms with Crippen LogP contribution in [0.4, 0.5) is 0 Å². The Hall–Kier alpha value is -1.82. The van der Waals surface area contributed by atoms with Gasteiger partial charge in [-0.25, -0.2) is 0 Å². The molecule has 0 atom stereocenters.